The van der Waals surface area contributed by atoms with Gasteiger partial charge in [0.05, 0.1) is 25.5 Å². The number of carbonyl (C=O) groups is 1. The summed E-state index contributed by atoms with van der Waals surface area (Å²) in [5.74, 6) is 0.982. The summed E-state index contributed by atoms with van der Waals surface area (Å²) in [6.07, 6.45) is 3.65. The second-order valence-corrected chi connectivity index (χ2v) is 6.66. The minimum atomic E-state index is -0.479. The highest BCUT2D eigenvalue weighted by molar-refractivity contribution is 7.80. The fraction of sp³-hybridized carbons (Fsp3) is 0.318. The zero-order valence-corrected chi connectivity index (χ0v) is 18.3. The summed E-state index contributed by atoms with van der Waals surface area (Å²) in [5, 5.41) is 7.43. The van der Waals surface area contributed by atoms with E-state index in [1.54, 1.807) is 48.7 Å². The summed E-state index contributed by atoms with van der Waals surface area (Å²) in [6, 6.07) is 12.0. The molecule has 160 valence electrons. The molecule has 0 radical (unpaired) electrons. The van der Waals surface area contributed by atoms with Gasteiger partial charge >= 0.3 is 5.97 Å². The topological polar surface area (TPSA) is 81.2 Å². The van der Waals surface area contributed by atoms with E-state index < -0.39 is 5.97 Å². The van der Waals surface area contributed by atoms with Gasteiger partial charge in [0.25, 0.3) is 0 Å². The van der Waals surface area contributed by atoms with Crippen LogP contribution in [0.2, 0.25) is 0 Å². The molecular formula is C22H27N3O4S. The molecule has 2 N–H and O–H groups in total. The number of rotatable bonds is 10. The number of hydrogen-bond donors (Lipinski definition) is 2. The summed E-state index contributed by atoms with van der Waals surface area (Å²) in [7, 11) is 1.51. The summed E-state index contributed by atoms with van der Waals surface area (Å²) < 4.78 is 16.4. The van der Waals surface area contributed by atoms with E-state index in [0.29, 0.717) is 35.3 Å². The fourth-order valence-corrected chi connectivity index (χ4v) is 2.59. The molecule has 0 heterocycles. The zero-order valence-electron chi connectivity index (χ0n) is 17.4. The molecule has 0 aliphatic carbocycles. The van der Waals surface area contributed by atoms with E-state index in [4.69, 9.17) is 26.4 Å². The predicted molar refractivity (Wildman–Crippen MR) is 122 cm³/mol. The van der Waals surface area contributed by atoms with Gasteiger partial charge in [0.2, 0.25) is 0 Å². The van der Waals surface area contributed by atoms with Crippen molar-refractivity contribution in [3.63, 3.8) is 0 Å². The van der Waals surface area contributed by atoms with Gasteiger partial charge in [-0.1, -0.05) is 13.3 Å². The van der Waals surface area contributed by atoms with Crippen LogP contribution in [0.3, 0.4) is 0 Å². The van der Waals surface area contributed by atoms with Gasteiger partial charge in [-0.2, -0.15) is 5.10 Å². The summed E-state index contributed by atoms with van der Waals surface area (Å²) >= 11 is 5.04. The van der Waals surface area contributed by atoms with E-state index >= 15 is 0 Å². The van der Waals surface area contributed by atoms with Crippen LogP contribution in [0.15, 0.2) is 47.6 Å². The zero-order chi connectivity index (χ0) is 21.8. The standard InChI is InChI=1S/C22H27N3O4S/c1-4-6-13-28-18-10-8-17(9-11-18)21(26)29-19-12-7-16(14-20(19)27-3)15-24-25-22(30)23-5-2/h7-12,14-15H,4-6,13H2,1-3H3,(H2,23,25,30)/b24-15+. The van der Waals surface area contributed by atoms with Crippen LogP contribution in [0.25, 0.3) is 0 Å². The Labute approximate surface area is 182 Å². The largest absolute Gasteiger partial charge is 0.494 e. The molecule has 0 aromatic heterocycles. The molecule has 0 spiro atoms. The first-order valence-electron chi connectivity index (χ1n) is 9.77. The van der Waals surface area contributed by atoms with E-state index in [1.165, 1.54) is 7.11 Å². The smallest absolute Gasteiger partial charge is 0.343 e. The van der Waals surface area contributed by atoms with E-state index in [2.05, 4.69) is 22.8 Å². The number of unbranched alkanes of at least 4 members (excludes halogenated alkanes) is 1. The lowest BCUT2D eigenvalue weighted by atomic mass is 10.2. The second kappa shape index (κ2) is 12.4. The van der Waals surface area contributed by atoms with Gasteiger partial charge in [-0.25, -0.2) is 4.79 Å². The number of carbonyl (C=O) groups excluding carboxylic acids is 1. The number of hydrazone groups is 1. The van der Waals surface area contributed by atoms with Gasteiger partial charge in [-0.15, -0.1) is 0 Å². The van der Waals surface area contributed by atoms with Gasteiger partial charge in [0.15, 0.2) is 16.6 Å². The molecule has 0 fully saturated rings. The first kappa shape index (κ1) is 23.2. The average molecular weight is 430 g/mol. The number of nitrogens with zero attached hydrogens (tertiary/aromatic N) is 1. The molecule has 2 aromatic rings. The third-order valence-electron chi connectivity index (χ3n) is 3.96. The predicted octanol–water partition coefficient (Wildman–Crippen LogP) is 3.91. The first-order chi connectivity index (χ1) is 14.6. The summed E-state index contributed by atoms with van der Waals surface area (Å²) in [4.78, 5) is 12.5. The normalized spacial score (nSPS) is 10.5. The Bertz CT molecular complexity index is 869. The van der Waals surface area contributed by atoms with Crippen molar-refractivity contribution in [3.8, 4) is 17.2 Å². The Morgan fingerprint density at radius 2 is 1.90 bits per heavy atom. The summed E-state index contributed by atoms with van der Waals surface area (Å²) in [6.45, 7) is 5.42. The highest BCUT2D eigenvalue weighted by Gasteiger charge is 2.13. The Hall–Kier alpha value is -3.13. The number of methoxy groups -OCH3 is 1. The van der Waals surface area contributed by atoms with Gasteiger partial charge in [-0.05, 0) is 73.6 Å². The molecule has 0 saturated carbocycles. The van der Waals surface area contributed by atoms with Crippen molar-refractivity contribution in [2.75, 3.05) is 20.3 Å². The highest BCUT2D eigenvalue weighted by atomic mass is 32.1. The lowest BCUT2D eigenvalue weighted by Crippen LogP contribution is -2.31. The molecule has 0 aliphatic heterocycles. The molecule has 0 saturated heterocycles. The molecule has 0 unspecified atom stereocenters. The highest BCUT2D eigenvalue weighted by Crippen LogP contribution is 2.28. The Kier molecular flexibility index (Phi) is 9.60. The van der Waals surface area contributed by atoms with Crippen molar-refractivity contribution in [2.24, 2.45) is 5.10 Å². The number of hydrogen-bond acceptors (Lipinski definition) is 6. The molecule has 2 rings (SSSR count). The van der Waals surface area contributed by atoms with Crippen molar-refractivity contribution < 1.29 is 19.0 Å². The van der Waals surface area contributed by atoms with Crippen molar-refractivity contribution in [1.29, 1.82) is 0 Å². The van der Waals surface area contributed by atoms with Crippen molar-refractivity contribution in [2.45, 2.75) is 26.7 Å². The Morgan fingerprint density at radius 1 is 1.13 bits per heavy atom. The van der Waals surface area contributed by atoms with E-state index in [1.807, 2.05) is 6.92 Å². The maximum Gasteiger partial charge on any atom is 0.343 e. The molecule has 0 atom stereocenters. The number of nitrogens with one attached hydrogen (secondary N) is 2. The molecule has 2 aromatic carbocycles. The first-order valence-corrected chi connectivity index (χ1v) is 10.2. The monoisotopic (exact) mass is 429 g/mol. The molecule has 7 nitrogen and oxygen atoms in total. The van der Waals surface area contributed by atoms with Crippen molar-refractivity contribution in [1.82, 2.24) is 10.7 Å². The molecule has 0 aliphatic rings. The fourth-order valence-electron chi connectivity index (χ4n) is 2.39. The molecule has 0 bridgehead atoms. The van der Waals surface area contributed by atoms with Gasteiger partial charge in [0, 0.05) is 6.54 Å². The number of thiocarbonyl (C=S) groups is 1. The minimum absolute atomic E-state index is 0.319. The van der Waals surface area contributed by atoms with Crippen LogP contribution in [0.4, 0.5) is 0 Å². The van der Waals surface area contributed by atoms with Crippen LogP contribution in [0.5, 0.6) is 17.2 Å². The molecular weight excluding hydrogens is 402 g/mol. The summed E-state index contributed by atoms with van der Waals surface area (Å²) in [5.41, 5.74) is 3.89. The third-order valence-corrected chi connectivity index (χ3v) is 4.20. The van der Waals surface area contributed by atoms with E-state index in [0.717, 1.165) is 24.2 Å². The Balaban J connectivity index is 2.00. The maximum atomic E-state index is 12.5. The van der Waals surface area contributed by atoms with Crippen LogP contribution >= 0.6 is 12.2 Å². The quantitative estimate of drug-likeness (QED) is 0.148. The maximum absolute atomic E-state index is 12.5. The van der Waals surface area contributed by atoms with Crippen LogP contribution in [-0.2, 0) is 0 Å². The second-order valence-electron chi connectivity index (χ2n) is 6.26. The van der Waals surface area contributed by atoms with E-state index in [-0.39, 0.29) is 0 Å². The van der Waals surface area contributed by atoms with Gasteiger partial charge in [-0.3, -0.25) is 5.43 Å². The van der Waals surface area contributed by atoms with Gasteiger partial charge < -0.3 is 19.5 Å². The van der Waals surface area contributed by atoms with Crippen LogP contribution in [-0.4, -0.2) is 37.6 Å². The molecule has 0 amide bonds. The number of benzene rings is 2. The van der Waals surface area contributed by atoms with Crippen molar-refractivity contribution in [3.05, 3.63) is 53.6 Å². The molecule has 8 heteroatoms. The minimum Gasteiger partial charge on any atom is -0.494 e. The lowest BCUT2D eigenvalue weighted by Gasteiger charge is -2.10. The average Bonchev–Trinajstić information content (AvgIpc) is 2.75. The SMILES string of the molecule is CCCCOc1ccc(C(=O)Oc2ccc(/C=N/NC(=S)NCC)cc2OC)cc1. The van der Waals surface area contributed by atoms with Crippen LogP contribution in [0, 0.1) is 0 Å². The molecule has 30 heavy (non-hydrogen) atoms. The van der Waals surface area contributed by atoms with Gasteiger partial charge in [0.1, 0.15) is 5.75 Å². The van der Waals surface area contributed by atoms with Crippen molar-refractivity contribution >= 4 is 29.5 Å². The number of esters is 1. The third kappa shape index (κ3) is 7.36. The van der Waals surface area contributed by atoms with Crippen LogP contribution < -0.4 is 25.0 Å². The van der Waals surface area contributed by atoms with Crippen LogP contribution in [0.1, 0.15) is 42.6 Å². The lowest BCUT2D eigenvalue weighted by molar-refractivity contribution is 0.0729. The Morgan fingerprint density at radius 3 is 2.57 bits per heavy atom. The number of ether oxygens (including phenoxy) is 3. The van der Waals surface area contributed by atoms with E-state index in [9.17, 15) is 4.79 Å².